The predicted octanol–water partition coefficient (Wildman–Crippen LogP) is 1.42. The lowest BCUT2D eigenvalue weighted by atomic mass is 10.2. The maximum Gasteiger partial charge on any atom is 0.270 e. The molecule has 2 rings (SSSR count). The van der Waals surface area contributed by atoms with Crippen LogP contribution in [0.15, 0.2) is 42.7 Å². The summed E-state index contributed by atoms with van der Waals surface area (Å²) in [5, 5.41) is 2.77. The van der Waals surface area contributed by atoms with Crippen molar-refractivity contribution in [2.45, 2.75) is 6.54 Å². The lowest BCUT2D eigenvalue weighted by Gasteiger charge is -2.05. The molecule has 0 aliphatic carbocycles. The van der Waals surface area contributed by atoms with Gasteiger partial charge in [-0.15, -0.1) is 0 Å². The van der Waals surface area contributed by atoms with Gasteiger partial charge < -0.3 is 10.1 Å². The summed E-state index contributed by atoms with van der Waals surface area (Å²) in [6.45, 7) is 0.409. The zero-order valence-electron chi connectivity index (χ0n) is 9.96. The third kappa shape index (κ3) is 3.04. The third-order valence-corrected chi connectivity index (χ3v) is 2.36. The van der Waals surface area contributed by atoms with E-state index in [0.29, 0.717) is 18.1 Å². The minimum atomic E-state index is -0.202. The van der Waals surface area contributed by atoms with Gasteiger partial charge in [0.1, 0.15) is 5.69 Å². The van der Waals surface area contributed by atoms with Gasteiger partial charge in [0.05, 0.1) is 7.11 Å². The molecule has 1 amide bonds. The van der Waals surface area contributed by atoms with Crippen LogP contribution in [0.25, 0.3) is 0 Å². The summed E-state index contributed by atoms with van der Waals surface area (Å²) in [5.41, 5.74) is 1.30. The minimum Gasteiger partial charge on any atom is -0.481 e. The fourth-order valence-electron chi connectivity index (χ4n) is 1.41. The molecule has 5 heteroatoms. The summed E-state index contributed by atoms with van der Waals surface area (Å²) < 4.78 is 4.96. The van der Waals surface area contributed by atoms with Crippen LogP contribution in [-0.4, -0.2) is 23.0 Å². The SMILES string of the molecule is COc1ccc(CNC(=O)c2ccccn2)cn1. The second kappa shape index (κ2) is 5.77. The molecular formula is C13H13N3O2. The first-order valence-corrected chi connectivity index (χ1v) is 5.48. The number of nitrogens with zero attached hydrogens (tertiary/aromatic N) is 2. The van der Waals surface area contributed by atoms with Gasteiger partial charge in [-0.25, -0.2) is 4.98 Å². The molecule has 0 aliphatic heterocycles. The van der Waals surface area contributed by atoms with E-state index in [4.69, 9.17) is 4.74 Å². The van der Waals surface area contributed by atoms with Crippen LogP contribution in [0.2, 0.25) is 0 Å². The minimum absolute atomic E-state index is 0.202. The maximum atomic E-state index is 11.7. The van der Waals surface area contributed by atoms with Crippen molar-refractivity contribution in [3.05, 3.63) is 54.0 Å². The number of pyridine rings is 2. The van der Waals surface area contributed by atoms with Crippen LogP contribution in [0.5, 0.6) is 5.88 Å². The van der Waals surface area contributed by atoms with E-state index in [1.54, 1.807) is 43.8 Å². The number of aromatic nitrogens is 2. The van der Waals surface area contributed by atoms with Crippen molar-refractivity contribution in [1.82, 2.24) is 15.3 Å². The Kier molecular flexibility index (Phi) is 3.86. The molecule has 0 radical (unpaired) electrons. The first kappa shape index (κ1) is 12.0. The molecule has 0 atom stereocenters. The highest BCUT2D eigenvalue weighted by molar-refractivity contribution is 5.92. The van der Waals surface area contributed by atoms with Gasteiger partial charge in [-0.1, -0.05) is 12.1 Å². The van der Waals surface area contributed by atoms with E-state index in [-0.39, 0.29) is 5.91 Å². The standard InChI is InChI=1S/C13H13N3O2/c1-18-12-6-5-10(8-15-12)9-16-13(17)11-4-2-3-7-14-11/h2-8H,9H2,1H3,(H,16,17). The first-order chi connectivity index (χ1) is 8.79. The van der Waals surface area contributed by atoms with Gasteiger partial charge in [0.2, 0.25) is 5.88 Å². The number of carbonyl (C=O) groups excluding carboxylic acids is 1. The van der Waals surface area contributed by atoms with Crippen LogP contribution in [0, 0.1) is 0 Å². The summed E-state index contributed by atoms with van der Waals surface area (Å²) in [4.78, 5) is 19.8. The molecule has 0 unspecified atom stereocenters. The molecule has 0 fully saturated rings. The van der Waals surface area contributed by atoms with E-state index in [2.05, 4.69) is 15.3 Å². The Morgan fingerprint density at radius 2 is 2.17 bits per heavy atom. The third-order valence-electron chi connectivity index (χ3n) is 2.36. The summed E-state index contributed by atoms with van der Waals surface area (Å²) in [6, 6.07) is 8.81. The predicted molar refractivity (Wildman–Crippen MR) is 66.2 cm³/mol. The van der Waals surface area contributed by atoms with Crippen molar-refractivity contribution >= 4 is 5.91 Å². The van der Waals surface area contributed by atoms with Gasteiger partial charge in [-0.2, -0.15) is 0 Å². The first-order valence-electron chi connectivity index (χ1n) is 5.48. The van der Waals surface area contributed by atoms with Crippen LogP contribution < -0.4 is 10.1 Å². The second-order valence-electron chi connectivity index (χ2n) is 3.61. The van der Waals surface area contributed by atoms with Gasteiger partial charge in [0.15, 0.2) is 0 Å². The topological polar surface area (TPSA) is 64.1 Å². The molecular weight excluding hydrogens is 230 g/mol. The van der Waals surface area contributed by atoms with E-state index >= 15 is 0 Å². The van der Waals surface area contributed by atoms with Gasteiger partial charge >= 0.3 is 0 Å². The summed E-state index contributed by atoms with van der Waals surface area (Å²) in [5.74, 6) is 0.348. The highest BCUT2D eigenvalue weighted by Crippen LogP contribution is 2.06. The van der Waals surface area contributed by atoms with Crippen LogP contribution in [-0.2, 0) is 6.54 Å². The molecule has 92 valence electrons. The summed E-state index contributed by atoms with van der Waals surface area (Å²) in [7, 11) is 1.56. The zero-order chi connectivity index (χ0) is 12.8. The molecule has 1 N–H and O–H groups in total. The molecule has 2 aromatic heterocycles. The Morgan fingerprint density at radius 3 is 2.78 bits per heavy atom. The number of methoxy groups -OCH3 is 1. The largest absolute Gasteiger partial charge is 0.481 e. The van der Waals surface area contributed by atoms with E-state index in [9.17, 15) is 4.79 Å². The molecule has 0 aliphatic rings. The normalized spacial score (nSPS) is 9.83. The molecule has 2 aromatic rings. The highest BCUT2D eigenvalue weighted by atomic mass is 16.5. The molecule has 5 nitrogen and oxygen atoms in total. The number of carbonyl (C=O) groups is 1. The van der Waals surface area contributed by atoms with Gasteiger partial charge in [0.25, 0.3) is 5.91 Å². The maximum absolute atomic E-state index is 11.7. The number of hydrogen-bond acceptors (Lipinski definition) is 4. The van der Waals surface area contributed by atoms with Gasteiger partial charge in [0, 0.05) is 25.0 Å². The smallest absolute Gasteiger partial charge is 0.270 e. The molecule has 0 saturated carbocycles. The number of amides is 1. The van der Waals surface area contributed by atoms with Crippen molar-refractivity contribution < 1.29 is 9.53 Å². The van der Waals surface area contributed by atoms with Crippen molar-refractivity contribution in [3.63, 3.8) is 0 Å². The molecule has 0 saturated heterocycles. The van der Waals surface area contributed by atoms with Crippen LogP contribution in [0.4, 0.5) is 0 Å². The lowest BCUT2D eigenvalue weighted by Crippen LogP contribution is -2.23. The zero-order valence-corrected chi connectivity index (χ0v) is 9.96. The van der Waals surface area contributed by atoms with Crippen molar-refractivity contribution in [1.29, 1.82) is 0 Å². The van der Waals surface area contributed by atoms with Gasteiger partial charge in [-0.05, 0) is 17.7 Å². The summed E-state index contributed by atoms with van der Waals surface area (Å²) >= 11 is 0. The Bertz CT molecular complexity index is 512. The van der Waals surface area contributed by atoms with E-state index < -0.39 is 0 Å². The molecule has 0 aromatic carbocycles. The van der Waals surface area contributed by atoms with E-state index in [1.165, 1.54) is 0 Å². The monoisotopic (exact) mass is 243 g/mol. The number of ether oxygens (including phenoxy) is 1. The van der Waals surface area contributed by atoms with Crippen molar-refractivity contribution in [3.8, 4) is 5.88 Å². The van der Waals surface area contributed by atoms with Crippen LogP contribution in [0.1, 0.15) is 16.1 Å². The Hall–Kier alpha value is -2.43. The number of hydrogen-bond donors (Lipinski definition) is 1. The highest BCUT2D eigenvalue weighted by Gasteiger charge is 2.05. The Balaban J connectivity index is 1.93. The average molecular weight is 243 g/mol. The quantitative estimate of drug-likeness (QED) is 0.882. The molecule has 2 heterocycles. The fourth-order valence-corrected chi connectivity index (χ4v) is 1.41. The average Bonchev–Trinajstić information content (AvgIpc) is 2.46. The number of rotatable bonds is 4. The Labute approximate surface area is 105 Å². The fraction of sp³-hybridized carbons (Fsp3) is 0.154. The van der Waals surface area contributed by atoms with Crippen LogP contribution >= 0.6 is 0 Å². The lowest BCUT2D eigenvalue weighted by molar-refractivity contribution is 0.0946. The van der Waals surface area contributed by atoms with Crippen molar-refractivity contribution in [2.75, 3.05) is 7.11 Å². The second-order valence-corrected chi connectivity index (χ2v) is 3.61. The van der Waals surface area contributed by atoms with Crippen molar-refractivity contribution in [2.24, 2.45) is 0 Å². The summed E-state index contributed by atoms with van der Waals surface area (Å²) in [6.07, 6.45) is 3.25. The molecule has 0 spiro atoms. The molecule has 18 heavy (non-hydrogen) atoms. The Morgan fingerprint density at radius 1 is 1.28 bits per heavy atom. The molecule has 0 bridgehead atoms. The van der Waals surface area contributed by atoms with Crippen LogP contribution in [0.3, 0.4) is 0 Å². The van der Waals surface area contributed by atoms with Gasteiger partial charge in [-0.3, -0.25) is 9.78 Å². The number of nitrogens with one attached hydrogen (secondary N) is 1. The van der Waals surface area contributed by atoms with E-state index in [0.717, 1.165) is 5.56 Å². The van der Waals surface area contributed by atoms with E-state index in [1.807, 2.05) is 6.07 Å².